The van der Waals surface area contributed by atoms with Crippen molar-refractivity contribution in [1.29, 1.82) is 0 Å². The Hall–Kier alpha value is -3.79. The van der Waals surface area contributed by atoms with Crippen LogP contribution in [0.1, 0.15) is 42.6 Å². The molecule has 0 spiro atoms. The lowest BCUT2D eigenvalue weighted by atomic mass is 10.1. The van der Waals surface area contributed by atoms with Crippen LogP contribution in [0, 0.1) is 5.82 Å². The minimum absolute atomic E-state index is 0.136. The molecule has 1 aliphatic carbocycles. The van der Waals surface area contributed by atoms with E-state index in [2.05, 4.69) is 25.4 Å². The number of fused-ring (bicyclic) bond motifs is 1. The van der Waals surface area contributed by atoms with Gasteiger partial charge in [-0.15, -0.1) is 5.10 Å². The fraction of sp³-hybridized carbons (Fsp3) is 0.385. The van der Waals surface area contributed by atoms with Crippen LogP contribution in [0.2, 0.25) is 0 Å². The van der Waals surface area contributed by atoms with E-state index in [1.807, 2.05) is 12.1 Å². The zero-order chi connectivity index (χ0) is 25.1. The Morgan fingerprint density at radius 1 is 1.06 bits per heavy atom. The standard InChI is InChI=1S/C26H29FN6O3/c1-35-23-12-18-11-19(26(34)28-22(18)13-24(23)36-2)15-32(21-5-3-4-6-21)16-25-29-30-31-33(25)14-17-7-9-20(27)10-8-17/h7-13,21H,3-6,14-16H2,1-2H3,(H,28,34). The molecular formula is C26H29FN6O3. The van der Waals surface area contributed by atoms with Crippen molar-refractivity contribution in [3.8, 4) is 11.5 Å². The molecule has 0 saturated heterocycles. The number of pyridine rings is 1. The fourth-order valence-electron chi connectivity index (χ4n) is 4.90. The summed E-state index contributed by atoms with van der Waals surface area (Å²) < 4.78 is 25.9. The van der Waals surface area contributed by atoms with E-state index in [0.29, 0.717) is 54.1 Å². The van der Waals surface area contributed by atoms with Crippen LogP contribution in [-0.4, -0.2) is 50.4 Å². The van der Waals surface area contributed by atoms with E-state index in [4.69, 9.17) is 9.47 Å². The van der Waals surface area contributed by atoms with Gasteiger partial charge in [0.15, 0.2) is 17.3 Å². The second kappa shape index (κ2) is 10.4. The molecule has 1 saturated carbocycles. The van der Waals surface area contributed by atoms with Gasteiger partial charge in [-0.2, -0.15) is 0 Å². The fourth-order valence-corrected chi connectivity index (χ4v) is 4.90. The second-order valence-corrected chi connectivity index (χ2v) is 9.14. The van der Waals surface area contributed by atoms with Gasteiger partial charge in [-0.25, -0.2) is 9.07 Å². The van der Waals surface area contributed by atoms with Crippen molar-refractivity contribution < 1.29 is 13.9 Å². The topological polar surface area (TPSA) is 98.2 Å². The maximum atomic E-state index is 13.3. The van der Waals surface area contributed by atoms with E-state index in [1.165, 1.54) is 12.1 Å². The third kappa shape index (κ3) is 5.08. The molecule has 9 nitrogen and oxygen atoms in total. The first-order valence-corrected chi connectivity index (χ1v) is 12.1. The van der Waals surface area contributed by atoms with Crippen LogP contribution in [0.5, 0.6) is 11.5 Å². The van der Waals surface area contributed by atoms with Crippen molar-refractivity contribution >= 4 is 10.9 Å². The van der Waals surface area contributed by atoms with Gasteiger partial charge in [0.1, 0.15) is 5.82 Å². The quantitative estimate of drug-likeness (QED) is 0.381. The number of aromatic nitrogens is 5. The highest BCUT2D eigenvalue weighted by atomic mass is 19.1. The lowest BCUT2D eigenvalue weighted by molar-refractivity contribution is 0.172. The van der Waals surface area contributed by atoms with Crippen molar-refractivity contribution in [3.05, 3.63) is 75.6 Å². The summed E-state index contributed by atoms with van der Waals surface area (Å²) in [6.07, 6.45) is 4.45. The Morgan fingerprint density at radius 3 is 2.50 bits per heavy atom. The summed E-state index contributed by atoms with van der Waals surface area (Å²) in [5.74, 6) is 1.60. The molecule has 4 aromatic rings. The van der Waals surface area contributed by atoms with Crippen LogP contribution in [0.25, 0.3) is 10.9 Å². The molecule has 36 heavy (non-hydrogen) atoms. The summed E-state index contributed by atoms with van der Waals surface area (Å²) in [5.41, 5.74) is 2.13. The number of tetrazole rings is 1. The van der Waals surface area contributed by atoms with Crippen molar-refractivity contribution in [2.45, 2.75) is 51.4 Å². The number of nitrogens with zero attached hydrogens (tertiary/aromatic N) is 5. The molecule has 0 bridgehead atoms. The number of ether oxygens (including phenoxy) is 2. The minimum Gasteiger partial charge on any atom is -0.493 e. The number of H-pyrrole nitrogens is 1. The molecule has 1 fully saturated rings. The number of benzene rings is 2. The summed E-state index contributed by atoms with van der Waals surface area (Å²) in [6, 6.07) is 12.2. The first-order valence-electron chi connectivity index (χ1n) is 12.1. The predicted octanol–water partition coefficient (Wildman–Crippen LogP) is 3.66. The number of halogens is 1. The van der Waals surface area contributed by atoms with Gasteiger partial charge in [-0.3, -0.25) is 9.69 Å². The van der Waals surface area contributed by atoms with Gasteiger partial charge >= 0.3 is 0 Å². The average molecular weight is 493 g/mol. The average Bonchev–Trinajstić information content (AvgIpc) is 3.57. The highest BCUT2D eigenvalue weighted by Gasteiger charge is 2.26. The van der Waals surface area contributed by atoms with Crippen LogP contribution in [0.4, 0.5) is 4.39 Å². The summed E-state index contributed by atoms with van der Waals surface area (Å²) in [5, 5.41) is 13.2. The van der Waals surface area contributed by atoms with Crippen LogP contribution >= 0.6 is 0 Å². The molecular weight excluding hydrogens is 463 g/mol. The summed E-state index contributed by atoms with van der Waals surface area (Å²) in [6.45, 7) is 1.41. The molecule has 1 N–H and O–H groups in total. The highest BCUT2D eigenvalue weighted by molar-refractivity contribution is 5.83. The molecule has 0 amide bonds. The van der Waals surface area contributed by atoms with Gasteiger partial charge in [0, 0.05) is 29.6 Å². The smallest absolute Gasteiger partial charge is 0.252 e. The highest BCUT2D eigenvalue weighted by Crippen LogP contribution is 2.32. The van der Waals surface area contributed by atoms with Crippen molar-refractivity contribution in [2.75, 3.05) is 14.2 Å². The van der Waals surface area contributed by atoms with E-state index in [0.717, 1.165) is 36.6 Å². The van der Waals surface area contributed by atoms with Crippen LogP contribution in [0.3, 0.4) is 0 Å². The molecule has 5 rings (SSSR count). The monoisotopic (exact) mass is 492 g/mol. The number of hydrogen-bond donors (Lipinski definition) is 1. The number of hydrogen-bond acceptors (Lipinski definition) is 7. The molecule has 0 radical (unpaired) electrons. The van der Waals surface area contributed by atoms with Crippen molar-refractivity contribution in [2.24, 2.45) is 0 Å². The summed E-state index contributed by atoms with van der Waals surface area (Å²) >= 11 is 0. The van der Waals surface area contributed by atoms with Crippen LogP contribution in [-0.2, 0) is 19.6 Å². The van der Waals surface area contributed by atoms with Gasteiger partial charge in [-0.05, 0) is 53.1 Å². The van der Waals surface area contributed by atoms with Gasteiger partial charge in [0.05, 0.1) is 32.8 Å². The molecule has 2 aromatic carbocycles. The predicted molar refractivity (Wildman–Crippen MR) is 132 cm³/mol. The largest absolute Gasteiger partial charge is 0.493 e. The first-order chi connectivity index (χ1) is 17.5. The molecule has 0 atom stereocenters. The van der Waals surface area contributed by atoms with Gasteiger partial charge in [-0.1, -0.05) is 25.0 Å². The zero-order valence-corrected chi connectivity index (χ0v) is 20.4. The van der Waals surface area contributed by atoms with E-state index in [-0.39, 0.29) is 11.4 Å². The first kappa shape index (κ1) is 23.9. The van der Waals surface area contributed by atoms with E-state index in [1.54, 1.807) is 37.1 Å². The van der Waals surface area contributed by atoms with Gasteiger partial charge in [0.25, 0.3) is 5.56 Å². The SMILES string of the molecule is COc1cc2cc(CN(Cc3nnnn3Cc3ccc(F)cc3)C3CCCC3)c(=O)[nH]c2cc1OC. The van der Waals surface area contributed by atoms with Crippen molar-refractivity contribution in [3.63, 3.8) is 0 Å². The Balaban J connectivity index is 1.43. The Labute approximate surface area is 207 Å². The molecule has 2 heterocycles. The summed E-state index contributed by atoms with van der Waals surface area (Å²) in [7, 11) is 3.16. The molecule has 1 aliphatic rings. The summed E-state index contributed by atoms with van der Waals surface area (Å²) in [4.78, 5) is 18.3. The lowest BCUT2D eigenvalue weighted by Gasteiger charge is -2.28. The van der Waals surface area contributed by atoms with Crippen LogP contribution in [0.15, 0.2) is 47.3 Å². The van der Waals surface area contributed by atoms with Gasteiger partial charge < -0.3 is 14.5 Å². The minimum atomic E-state index is -0.278. The molecule has 188 valence electrons. The Bertz CT molecular complexity index is 1400. The van der Waals surface area contributed by atoms with Gasteiger partial charge in [0.2, 0.25) is 0 Å². The maximum absolute atomic E-state index is 13.3. The molecule has 0 unspecified atom stereocenters. The molecule has 0 aliphatic heterocycles. The van der Waals surface area contributed by atoms with Crippen LogP contribution < -0.4 is 15.0 Å². The molecule has 10 heteroatoms. The maximum Gasteiger partial charge on any atom is 0.252 e. The molecule has 2 aromatic heterocycles. The second-order valence-electron chi connectivity index (χ2n) is 9.14. The van der Waals surface area contributed by atoms with E-state index >= 15 is 0 Å². The third-order valence-electron chi connectivity index (χ3n) is 6.84. The number of nitrogens with one attached hydrogen (secondary N) is 1. The Kier molecular flexibility index (Phi) is 6.95. The lowest BCUT2D eigenvalue weighted by Crippen LogP contribution is -2.35. The normalized spacial score (nSPS) is 14.1. The number of aromatic amines is 1. The third-order valence-corrected chi connectivity index (χ3v) is 6.84. The number of rotatable bonds is 9. The Morgan fingerprint density at radius 2 is 1.78 bits per heavy atom. The zero-order valence-electron chi connectivity index (χ0n) is 20.4. The van der Waals surface area contributed by atoms with Crippen molar-refractivity contribution in [1.82, 2.24) is 30.1 Å². The van der Waals surface area contributed by atoms with E-state index < -0.39 is 0 Å². The number of methoxy groups -OCH3 is 2. The van der Waals surface area contributed by atoms with E-state index in [9.17, 15) is 9.18 Å².